The van der Waals surface area contributed by atoms with E-state index in [4.69, 9.17) is 5.11 Å². The predicted octanol–water partition coefficient (Wildman–Crippen LogP) is 2.32. The van der Waals surface area contributed by atoms with E-state index in [0.29, 0.717) is 6.54 Å². The lowest BCUT2D eigenvalue weighted by Gasteiger charge is -2.27. The number of carboxylic acids is 1. The highest BCUT2D eigenvalue weighted by atomic mass is 16.4. The number of carboxylic acid groups (broad SMARTS) is 1. The molecule has 0 aliphatic rings. The van der Waals surface area contributed by atoms with Crippen molar-refractivity contribution in [1.29, 1.82) is 0 Å². The van der Waals surface area contributed by atoms with Crippen molar-refractivity contribution < 1.29 is 9.90 Å². The fourth-order valence-corrected chi connectivity index (χ4v) is 1.94. The number of benzene rings is 1. The van der Waals surface area contributed by atoms with Crippen LogP contribution in [0.2, 0.25) is 0 Å². The molecule has 0 aliphatic heterocycles. The van der Waals surface area contributed by atoms with Gasteiger partial charge in [0.15, 0.2) is 0 Å². The molecule has 0 radical (unpaired) electrons. The van der Waals surface area contributed by atoms with E-state index in [9.17, 15) is 4.79 Å². The van der Waals surface area contributed by atoms with Crippen molar-refractivity contribution in [1.82, 2.24) is 9.97 Å². The smallest absolute Gasteiger partial charge is 0.305 e. The van der Waals surface area contributed by atoms with Gasteiger partial charge in [-0.25, -0.2) is 4.98 Å². The maximum atomic E-state index is 10.7. The highest BCUT2D eigenvalue weighted by Crippen LogP contribution is 2.17. The average Bonchev–Trinajstić information content (AvgIpc) is 2.38. The molecule has 1 aromatic carbocycles. The van der Waals surface area contributed by atoms with Gasteiger partial charge in [0.25, 0.3) is 0 Å². The van der Waals surface area contributed by atoms with Crippen LogP contribution in [0.4, 0.5) is 5.82 Å². The van der Waals surface area contributed by atoms with Gasteiger partial charge in [0.05, 0.1) is 23.7 Å². The fraction of sp³-hybridized carbons (Fsp3) is 0.357. The molecule has 2 aromatic rings. The summed E-state index contributed by atoms with van der Waals surface area (Å²) in [4.78, 5) is 21.6. The fourth-order valence-electron chi connectivity index (χ4n) is 1.94. The van der Waals surface area contributed by atoms with Gasteiger partial charge in [0.2, 0.25) is 0 Å². The van der Waals surface area contributed by atoms with Gasteiger partial charge in [-0.05, 0) is 26.0 Å². The topological polar surface area (TPSA) is 66.3 Å². The van der Waals surface area contributed by atoms with Gasteiger partial charge in [-0.15, -0.1) is 0 Å². The number of hydrogen-bond acceptors (Lipinski definition) is 4. The summed E-state index contributed by atoms with van der Waals surface area (Å²) in [6.07, 6.45) is 1.79. The number of anilines is 1. The monoisotopic (exact) mass is 259 g/mol. The standard InChI is InChI=1S/C14H17N3O2/c1-10(2)17(8-7-14(18)19)13-9-15-11-5-3-4-6-12(11)16-13/h3-6,9-10H,7-8H2,1-2H3,(H,18,19). The van der Waals surface area contributed by atoms with Gasteiger partial charge in [0.1, 0.15) is 5.82 Å². The van der Waals surface area contributed by atoms with Gasteiger partial charge in [-0.1, -0.05) is 12.1 Å². The molecule has 1 heterocycles. The Morgan fingerprint density at radius 2 is 2.00 bits per heavy atom. The summed E-state index contributed by atoms with van der Waals surface area (Å²) in [5, 5.41) is 8.80. The quantitative estimate of drug-likeness (QED) is 0.892. The molecule has 0 bridgehead atoms. The zero-order valence-corrected chi connectivity index (χ0v) is 11.1. The Balaban J connectivity index is 2.30. The van der Waals surface area contributed by atoms with Gasteiger partial charge >= 0.3 is 5.97 Å². The van der Waals surface area contributed by atoms with Crippen molar-refractivity contribution in [3.63, 3.8) is 0 Å². The molecule has 1 N–H and O–H groups in total. The first-order chi connectivity index (χ1) is 9.08. The second-order valence-corrected chi connectivity index (χ2v) is 4.65. The Labute approximate surface area is 111 Å². The minimum absolute atomic E-state index is 0.0900. The van der Waals surface area contributed by atoms with Crippen molar-refractivity contribution in [2.24, 2.45) is 0 Å². The summed E-state index contributed by atoms with van der Waals surface area (Å²) in [6.45, 7) is 4.46. The molecule has 0 spiro atoms. The number of rotatable bonds is 5. The molecule has 5 heteroatoms. The number of hydrogen-bond donors (Lipinski definition) is 1. The van der Waals surface area contributed by atoms with Crippen LogP contribution in [0.3, 0.4) is 0 Å². The number of aromatic nitrogens is 2. The van der Waals surface area contributed by atoms with Crippen LogP contribution in [0.5, 0.6) is 0 Å². The summed E-state index contributed by atoms with van der Waals surface area (Å²) in [7, 11) is 0. The van der Waals surface area contributed by atoms with Gasteiger partial charge < -0.3 is 10.0 Å². The van der Waals surface area contributed by atoms with Crippen LogP contribution in [0.15, 0.2) is 30.5 Å². The third-order valence-corrected chi connectivity index (χ3v) is 2.92. The summed E-state index contributed by atoms with van der Waals surface area (Å²) < 4.78 is 0. The molecule has 0 saturated carbocycles. The molecule has 0 amide bonds. The van der Waals surface area contributed by atoms with Crippen molar-refractivity contribution >= 4 is 22.8 Å². The Hall–Kier alpha value is -2.17. The Morgan fingerprint density at radius 1 is 1.32 bits per heavy atom. The minimum Gasteiger partial charge on any atom is -0.481 e. The molecule has 0 unspecified atom stereocenters. The first-order valence-corrected chi connectivity index (χ1v) is 6.28. The molecule has 100 valence electrons. The van der Waals surface area contributed by atoms with Crippen LogP contribution >= 0.6 is 0 Å². The number of nitrogens with zero attached hydrogens (tertiary/aromatic N) is 3. The first kappa shape index (κ1) is 13.3. The van der Waals surface area contributed by atoms with Gasteiger partial charge in [-0.3, -0.25) is 9.78 Å². The third kappa shape index (κ3) is 3.19. The van der Waals surface area contributed by atoms with E-state index in [-0.39, 0.29) is 12.5 Å². The molecule has 0 saturated heterocycles. The lowest BCUT2D eigenvalue weighted by atomic mass is 10.2. The number of aliphatic carboxylic acids is 1. The van der Waals surface area contributed by atoms with E-state index in [2.05, 4.69) is 9.97 Å². The summed E-state index contributed by atoms with van der Waals surface area (Å²) in [5.41, 5.74) is 1.66. The average molecular weight is 259 g/mol. The molecule has 0 fully saturated rings. The van der Waals surface area contributed by atoms with Crippen molar-refractivity contribution in [2.45, 2.75) is 26.3 Å². The molecular weight excluding hydrogens is 242 g/mol. The second kappa shape index (κ2) is 5.65. The second-order valence-electron chi connectivity index (χ2n) is 4.65. The minimum atomic E-state index is -0.806. The number of carbonyl (C=O) groups is 1. The molecule has 2 rings (SSSR count). The predicted molar refractivity (Wildman–Crippen MR) is 74.3 cm³/mol. The van der Waals surface area contributed by atoms with E-state index >= 15 is 0 Å². The van der Waals surface area contributed by atoms with Crippen LogP contribution in [-0.4, -0.2) is 33.6 Å². The largest absolute Gasteiger partial charge is 0.481 e. The molecule has 1 aromatic heterocycles. The van der Waals surface area contributed by atoms with E-state index < -0.39 is 5.97 Å². The zero-order valence-electron chi connectivity index (χ0n) is 11.1. The molecule has 0 aliphatic carbocycles. The third-order valence-electron chi connectivity index (χ3n) is 2.92. The van der Waals surface area contributed by atoms with Crippen LogP contribution in [0.1, 0.15) is 20.3 Å². The maximum absolute atomic E-state index is 10.7. The number of para-hydroxylation sites is 2. The highest BCUT2D eigenvalue weighted by Gasteiger charge is 2.14. The normalized spacial score (nSPS) is 10.9. The van der Waals surface area contributed by atoms with Crippen LogP contribution in [-0.2, 0) is 4.79 Å². The molecule has 19 heavy (non-hydrogen) atoms. The Bertz CT molecular complexity index is 584. The Kier molecular flexibility index (Phi) is 3.94. The summed E-state index contributed by atoms with van der Waals surface area (Å²) >= 11 is 0. The number of fused-ring (bicyclic) bond motifs is 1. The van der Waals surface area contributed by atoms with Gasteiger partial charge in [-0.2, -0.15) is 0 Å². The first-order valence-electron chi connectivity index (χ1n) is 6.28. The molecule has 0 atom stereocenters. The van der Waals surface area contributed by atoms with Crippen molar-refractivity contribution in [3.8, 4) is 0 Å². The summed E-state index contributed by atoms with van der Waals surface area (Å²) in [5.74, 6) is -0.0886. The van der Waals surface area contributed by atoms with E-state index in [1.807, 2.05) is 43.0 Å². The molecular formula is C14H17N3O2. The van der Waals surface area contributed by atoms with Crippen molar-refractivity contribution in [2.75, 3.05) is 11.4 Å². The lowest BCUT2D eigenvalue weighted by molar-refractivity contribution is -0.136. The maximum Gasteiger partial charge on any atom is 0.305 e. The molecule has 5 nitrogen and oxygen atoms in total. The van der Waals surface area contributed by atoms with E-state index in [1.54, 1.807) is 6.20 Å². The zero-order chi connectivity index (χ0) is 13.8. The summed E-state index contributed by atoms with van der Waals surface area (Å²) in [6, 6.07) is 7.82. The van der Waals surface area contributed by atoms with Crippen molar-refractivity contribution in [3.05, 3.63) is 30.5 Å². The Morgan fingerprint density at radius 3 is 2.63 bits per heavy atom. The van der Waals surface area contributed by atoms with Crippen LogP contribution < -0.4 is 4.90 Å². The lowest BCUT2D eigenvalue weighted by Crippen LogP contribution is -2.33. The van der Waals surface area contributed by atoms with Crippen LogP contribution in [0.25, 0.3) is 11.0 Å². The van der Waals surface area contributed by atoms with Gasteiger partial charge in [0, 0.05) is 12.6 Å². The SMILES string of the molecule is CC(C)N(CCC(=O)O)c1cnc2ccccc2n1. The van der Waals surface area contributed by atoms with E-state index in [0.717, 1.165) is 16.9 Å². The van der Waals surface area contributed by atoms with Crippen LogP contribution in [0, 0.1) is 0 Å². The highest BCUT2D eigenvalue weighted by molar-refractivity contribution is 5.75. The van der Waals surface area contributed by atoms with E-state index in [1.165, 1.54) is 0 Å².